The van der Waals surface area contributed by atoms with Gasteiger partial charge >= 0.3 is 0 Å². The summed E-state index contributed by atoms with van der Waals surface area (Å²) in [7, 11) is 1.55. The van der Waals surface area contributed by atoms with Gasteiger partial charge in [-0.15, -0.1) is 0 Å². The number of pyridine rings is 1. The Hall–Kier alpha value is -0.880. The fraction of sp³-hybridized carbons (Fsp3) is 0.643. The minimum Gasteiger partial charge on any atom is -0.480 e. The molecule has 0 aliphatic carbocycles. The molecule has 0 saturated carbocycles. The van der Waals surface area contributed by atoms with Gasteiger partial charge in [0, 0.05) is 25.8 Å². The van der Waals surface area contributed by atoms with Gasteiger partial charge < -0.3 is 14.6 Å². The molecule has 0 aromatic carbocycles. The van der Waals surface area contributed by atoms with Gasteiger partial charge in [0.1, 0.15) is 5.02 Å². The van der Waals surface area contributed by atoms with Crippen LogP contribution in [0.15, 0.2) is 12.3 Å². The maximum atomic E-state index is 9.32. The first-order valence-electron chi connectivity index (χ1n) is 6.63. The number of aromatic nitrogens is 1. The molecular weight excluding hydrogens is 280 g/mol. The summed E-state index contributed by atoms with van der Waals surface area (Å²) in [4.78, 5) is 6.42. The average molecular weight is 301 g/mol. The zero-order valence-electron chi connectivity index (χ0n) is 12.1. The van der Waals surface area contributed by atoms with E-state index in [1.807, 2.05) is 19.9 Å². The van der Waals surface area contributed by atoms with Gasteiger partial charge in [-0.25, -0.2) is 4.98 Å². The van der Waals surface area contributed by atoms with Crippen LogP contribution in [0.5, 0.6) is 5.88 Å². The minimum absolute atomic E-state index is 0.0293. The zero-order valence-corrected chi connectivity index (χ0v) is 12.9. The van der Waals surface area contributed by atoms with Crippen molar-refractivity contribution >= 4 is 11.6 Å². The Balaban J connectivity index is 2.07. The first-order valence-corrected chi connectivity index (χ1v) is 7.01. The van der Waals surface area contributed by atoms with Crippen molar-refractivity contribution in [2.45, 2.75) is 32.1 Å². The minimum atomic E-state index is -0.269. The molecular formula is C14H21ClN2O3. The first kappa shape index (κ1) is 15.5. The number of methoxy groups -OCH3 is 1. The summed E-state index contributed by atoms with van der Waals surface area (Å²) in [6.45, 7) is 6.31. The molecule has 112 valence electrons. The SMILES string of the molecule is COc1ncc(CN2C[C@H](CO)OC(C)(C)C2)cc1Cl. The predicted molar refractivity (Wildman–Crippen MR) is 77.1 cm³/mol. The fourth-order valence-electron chi connectivity index (χ4n) is 2.59. The summed E-state index contributed by atoms with van der Waals surface area (Å²) in [6.07, 6.45) is 1.61. The molecule has 0 amide bonds. The van der Waals surface area contributed by atoms with Gasteiger partial charge in [0.25, 0.3) is 0 Å². The largest absolute Gasteiger partial charge is 0.480 e. The number of aliphatic hydroxyl groups is 1. The van der Waals surface area contributed by atoms with Gasteiger partial charge in [0.15, 0.2) is 0 Å². The fourth-order valence-corrected chi connectivity index (χ4v) is 2.86. The summed E-state index contributed by atoms with van der Waals surface area (Å²) in [5.74, 6) is 0.436. The van der Waals surface area contributed by atoms with Crippen LogP contribution in [0.3, 0.4) is 0 Å². The van der Waals surface area contributed by atoms with E-state index in [0.29, 0.717) is 17.4 Å². The van der Waals surface area contributed by atoms with Crippen molar-refractivity contribution in [2.24, 2.45) is 0 Å². The van der Waals surface area contributed by atoms with Gasteiger partial charge in [-0.05, 0) is 25.5 Å². The quantitative estimate of drug-likeness (QED) is 0.917. The van der Waals surface area contributed by atoms with Crippen molar-refractivity contribution in [3.63, 3.8) is 0 Å². The summed E-state index contributed by atoms with van der Waals surface area (Å²) >= 11 is 6.09. The maximum absolute atomic E-state index is 9.32. The van der Waals surface area contributed by atoms with E-state index < -0.39 is 0 Å². The Morgan fingerprint density at radius 3 is 2.95 bits per heavy atom. The summed E-state index contributed by atoms with van der Waals surface area (Å²) in [5.41, 5.74) is 0.750. The highest BCUT2D eigenvalue weighted by atomic mass is 35.5. The second kappa shape index (κ2) is 6.26. The second-order valence-corrected chi connectivity index (χ2v) is 6.09. The predicted octanol–water partition coefficient (Wildman–Crippen LogP) is 1.72. The number of hydrogen-bond donors (Lipinski definition) is 1. The van der Waals surface area contributed by atoms with Crippen LogP contribution in [0.25, 0.3) is 0 Å². The molecule has 0 radical (unpaired) electrons. The number of hydrogen-bond acceptors (Lipinski definition) is 5. The highest BCUT2D eigenvalue weighted by Crippen LogP contribution is 2.25. The van der Waals surface area contributed by atoms with E-state index in [9.17, 15) is 5.11 Å². The second-order valence-electron chi connectivity index (χ2n) is 5.69. The van der Waals surface area contributed by atoms with Crippen molar-refractivity contribution in [1.29, 1.82) is 0 Å². The first-order chi connectivity index (χ1) is 9.43. The standard InChI is InChI=1S/C14H21ClN2O3/c1-14(2)9-17(7-11(8-18)20-14)6-10-4-12(15)13(19-3)16-5-10/h4-5,11,18H,6-9H2,1-3H3/t11-/m1/s1. The lowest BCUT2D eigenvalue weighted by Crippen LogP contribution is -2.53. The molecule has 0 unspecified atom stereocenters. The molecule has 0 bridgehead atoms. The maximum Gasteiger partial charge on any atom is 0.232 e. The van der Waals surface area contributed by atoms with Gasteiger partial charge in [-0.2, -0.15) is 0 Å². The lowest BCUT2D eigenvalue weighted by Gasteiger charge is -2.42. The summed E-state index contributed by atoms with van der Waals surface area (Å²) in [5, 5.41) is 9.83. The molecule has 1 fully saturated rings. The van der Waals surface area contributed by atoms with E-state index in [-0.39, 0.29) is 18.3 Å². The van der Waals surface area contributed by atoms with E-state index in [1.54, 1.807) is 13.3 Å². The van der Waals surface area contributed by atoms with Crippen molar-refractivity contribution in [3.05, 3.63) is 22.8 Å². The van der Waals surface area contributed by atoms with Crippen LogP contribution in [0.1, 0.15) is 19.4 Å². The number of morpholine rings is 1. The third-order valence-corrected chi connectivity index (χ3v) is 3.49. The molecule has 1 aromatic heterocycles. The number of aliphatic hydroxyl groups excluding tert-OH is 1. The van der Waals surface area contributed by atoms with Gasteiger partial charge in [0.05, 0.1) is 25.4 Å². The zero-order chi connectivity index (χ0) is 14.8. The molecule has 1 atom stereocenters. The van der Waals surface area contributed by atoms with E-state index in [4.69, 9.17) is 21.1 Å². The molecule has 1 aromatic rings. The van der Waals surface area contributed by atoms with Gasteiger partial charge in [-0.3, -0.25) is 4.90 Å². The Kier molecular flexibility index (Phi) is 4.86. The molecule has 1 aliphatic heterocycles. The monoisotopic (exact) mass is 300 g/mol. The van der Waals surface area contributed by atoms with Gasteiger partial charge in [-0.1, -0.05) is 11.6 Å². The average Bonchev–Trinajstić information content (AvgIpc) is 2.37. The molecule has 2 heterocycles. The van der Waals surface area contributed by atoms with Gasteiger partial charge in [0.2, 0.25) is 5.88 Å². The Morgan fingerprint density at radius 2 is 2.35 bits per heavy atom. The highest BCUT2D eigenvalue weighted by molar-refractivity contribution is 6.31. The molecule has 2 rings (SSSR count). The van der Waals surface area contributed by atoms with Crippen molar-refractivity contribution in [1.82, 2.24) is 9.88 Å². The lowest BCUT2D eigenvalue weighted by atomic mass is 10.0. The van der Waals surface area contributed by atoms with Crippen LogP contribution in [0.2, 0.25) is 5.02 Å². The third kappa shape index (κ3) is 3.82. The Bertz CT molecular complexity index is 468. The molecule has 5 nitrogen and oxygen atoms in total. The van der Waals surface area contributed by atoms with E-state index in [2.05, 4.69) is 9.88 Å². The number of rotatable bonds is 4. The highest BCUT2D eigenvalue weighted by Gasteiger charge is 2.32. The molecule has 20 heavy (non-hydrogen) atoms. The van der Waals surface area contributed by atoms with Crippen LogP contribution in [0.4, 0.5) is 0 Å². The molecule has 1 saturated heterocycles. The van der Waals surface area contributed by atoms with Crippen LogP contribution in [-0.2, 0) is 11.3 Å². The normalized spacial score (nSPS) is 22.8. The molecule has 6 heteroatoms. The smallest absolute Gasteiger partial charge is 0.232 e. The van der Waals surface area contributed by atoms with E-state index in [1.165, 1.54) is 0 Å². The van der Waals surface area contributed by atoms with Crippen LogP contribution in [0, 0.1) is 0 Å². The number of ether oxygens (including phenoxy) is 2. The van der Waals surface area contributed by atoms with Crippen molar-refractivity contribution in [2.75, 3.05) is 26.8 Å². The van der Waals surface area contributed by atoms with Crippen molar-refractivity contribution < 1.29 is 14.6 Å². The Morgan fingerprint density at radius 1 is 1.60 bits per heavy atom. The van der Waals surface area contributed by atoms with Crippen LogP contribution >= 0.6 is 11.6 Å². The van der Waals surface area contributed by atoms with Crippen LogP contribution in [-0.4, -0.2) is 53.5 Å². The Labute approximate surface area is 124 Å². The topological polar surface area (TPSA) is 54.8 Å². The molecule has 1 N–H and O–H groups in total. The molecule has 1 aliphatic rings. The number of nitrogens with zero attached hydrogens (tertiary/aromatic N) is 2. The van der Waals surface area contributed by atoms with Crippen molar-refractivity contribution in [3.8, 4) is 5.88 Å². The lowest BCUT2D eigenvalue weighted by molar-refractivity contribution is -0.150. The number of halogens is 1. The summed E-state index contributed by atoms with van der Waals surface area (Å²) < 4.78 is 10.8. The summed E-state index contributed by atoms with van der Waals surface area (Å²) in [6, 6.07) is 1.86. The molecule has 0 spiro atoms. The third-order valence-electron chi connectivity index (χ3n) is 3.22. The van der Waals surface area contributed by atoms with Crippen LogP contribution < -0.4 is 4.74 Å². The van der Waals surface area contributed by atoms with E-state index in [0.717, 1.165) is 18.7 Å². The van der Waals surface area contributed by atoms with E-state index >= 15 is 0 Å².